The van der Waals surface area contributed by atoms with Crippen molar-refractivity contribution in [2.45, 2.75) is 40.2 Å². The van der Waals surface area contributed by atoms with Crippen molar-refractivity contribution in [3.63, 3.8) is 0 Å². The zero-order valence-electron chi connectivity index (χ0n) is 14.6. The highest BCUT2D eigenvalue weighted by molar-refractivity contribution is 9.10. The van der Waals surface area contributed by atoms with E-state index in [-0.39, 0.29) is 17.0 Å². The quantitative estimate of drug-likeness (QED) is 0.500. The van der Waals surface area contributed by atoms with Crippen LogP contribution in [-0.2, 0) is 13.0 Å². The Hall–Kier alpha value is -1.75. The summed E-state index contributed by atoms with van der Waals surface area (Å²) in [5, 5.41) is 0. The molecule has 3 rings (SSSR count). The van der Waals surface area contributed by atoms with E-state index in [1.54, 1.807) is 12.1 Å². The van der Waals surface area contributed by atoms with Crippen LogP contribution in [0, 0.1) is 17.0 Å². The number of hydrogen-bond acceptors (Lipinski definition) is 1. The van der Waals surface area contributed by atoms with Gasteiger partial charge in [-0.3, -0.25) is 0 Å². The Balaban J connectivity index is 2.10. The van der Waals surface area contributed by atoms with Gasteiger partial charge in [-0.15, -0.1) is 0 Å². The van der Waals surface area contributed by atoms with Crippen LogP contribution in [0.2, 0.25) is 0 Å². The molecule has 0 aliphatic carbocycles. The molecular weight excluding hydrogens is 386 g/mol. The first-order valence-electron chi connectivity index (χ1n) is 8.37. The Labute approximate surface area is 155 Å². The molecule has 2 aromatic carbocycles. The molecular formula is C20H21BrF2N2. The van der Waals surface area contributed by atoms with E-state index >= 15 is 0 Å². The summed E-state index contributed by atoms with van der Waals surface area (Å²) in [6.07, 6.45) is 1.75. The van der Waals surface area contributed by atoms with Crippen molar-refractivity contribution in [1.82, 2.24) is 9.55 Å². The summed E-state index contributed by atoms with van der Waals surface area (Å²) in [4.78, 5) is 4.64. The number of benzene rings is 2. The summed E-state index contributed by atoms with van der Waals surface area (Å²) in [6, 6.07) is 9.64. The third-order valence-corrected chi connectivity index (χ3v) is 5.22. The second-order valence-corrected chi connectivity index (χ2v) is 8.09. The van der Waals surface area contributed by atoms with Crippen LogP contribution < -0.4 is 0 Å². The van der Waals surface area contributed by atoms with Gasteiger partial charge in [-0.05, 0) is 29.7 Å². The van der Waals surface area contributed by atoms with Gasteiger partial charge in [0.1, 0.15) is 17.5 Å². The van der Waals surface area contributed by atoms with E-state index in [1.165, 1.54) is 18.2 Å². The van der Waals surface area contributed by atoms with Crippen LogP contribution in [0.1, 0.15) is 38.6 Å². The second-order valence-electron chi connectivity index (χ2n) is 7.18. The van der Waals surface area contributed by atoms with E-state index in [0.717, 1.165) is 24.2 Å². The molecule has 1 aromatic heterocycles. The van der Waals surface area contributed by atoms with E-state index in [1.807, 2.05) is 10.6 Å². The van der Waals surface area contributed by atoms with Gasteiger partial charge in [0.05, 0.1) is 17.6 Å². The number of halogens is 3. The normalized spacial score (nSPS) is 12.1. The maximum Gasteiger partial charge on any atom is 0.129 e. The SMILES string of the molecule is CCC(C)(C)Cc1nc2cc(F)ccc2n1Cc1ccc(Br)cc1F. The van der Waals surface area contributed by atoms with Gasteiger partial charge in [0.25, 0.3) is 0 Å². The maximum absolute atomic E-state index is 14.3. The Morgan fingerprint density at radius 1 is 1.12 bits per heavy atom. The minimum atomic E-state index is -0.312. The molecule has 0 aliphatic rings. The van der Waals surface area contributed by atoms with E-state index in [9.17, 15) is 8.78 Å². The molecule has 0 saturated carbocycles. The molecule has 0 saturated heterocycles. The lowest BCUT2D eigenvalue weighted by Gasteiger charge is -2.22. The first-order chi connectivity index (χ1) is 11.8. The van der Waals surface area contributed by atoms with Gasteiger partial charge in [-0.25, -0.2) is 13.8 Å². The third-order valence-electron chi connectivity index (χ3n) is 4.73. The first kappa shape index (κ1) is 18.1. The van der Waals surface area contributed by atoms with Crippen molar-refractivity contribution in [2.24, 2.45) is 5.41 Å². The molecule has 2 nitrogen and oxygen atoms in total. The van der Waals surface area contributed by atoms with Gasteiger partial charge >= 0.3 is 0 Å². The second kappa shape index (κ2) is 6.87. The number of rotatable bonds is 5. The van der Waals surface area contributed by atoms with Crippen LogP contribution in [0.3, 0.4) is 0 Å². The predicted molar refractivity (Wildman–Crippen MR) is 101 cm³/mol. The summed E-state index contributed by atoms with van der Waals surface area (Å²) in [5.41, 5.74) is 2.09. The average molecular weight is 407 g/mol. The van der Waals surface area contributed by atoms with Gasteiger partial charge in [0.15, 0.2) is 0 Å². The van der Waals surface area contributed by atoms with Gasteiger partial charge < -0.3 is 4.57 Å². The van der Waals surface area contributed by atoms with Crippen LogP contribution in [0.4, 0.5) is 8.78 Å². The fourth-order valence-electron chi connectivity index (χ4n) is 2.84. The van der Waals surface area contributed by atoms with E-state index in [0.29, 0.717) is 22.1 Å². The lowest BCUT2D eigenvalue weighted by Crippen LogP contribution is -2.18. The molecule has 0 aliphatic heterocycles. The molecule has 3 aromatic rings. The molecule has 5 heteroatoms. The molecule has 0 unspecified atom stereocenters. The van der Waals surface area contributed by atoms with Gasteiger partial charge in [-0.2, -0.15) is 0 Å². The summed E-state index contributed by atoms with van der Waals surface area (Å²) >= 11 is 3.28. The number of hydrogen-bond donors (Lipinski definition) is 0. The molecule has 0 amide bonds. The Morgan fingerprint density at radius 3 is 2.56 bits per heavy atom. The predicted octanol–water partition coefficient (Wildman–Crippen LogP) is 6.10. The third kappa shape index (κ3) is 3.92. The zero-order chi connectivity index (χ0) is 18.2. The fourth-order valence-corrected chi connectivity index (χ4v) is 3.17. The summed E-state index contributed by atoms with van der Waals surface area (Å²) < 4.78 is 30.6. The average Bonchev–Trinajstić information content (AvgIpc) is 2.85. The van der Waals surface area contributed by atoms with Gasteiger partial charge in [0.2, 0.25) is 0 Å². The zero-order valence-corrected chi connectivity index (χ0v) is 16.2. The smallest absolute Gasteiger partial charge is 0.129 e. The van der Waals surface area contributed by atoms with Crippen LogP contribution >= 0.6 is 15.9 Å². The molecule has 1 heterocycles. The fraction of sp³-hybridized carbons (Fsp3) is 0.350. The minimum absolute atomic E-state index is 0.0654. The van der Waals surface area contributed by atoms with E-state index in [4.69, 9.17) is 0 Å². The molecule has 0 atom stereocenters. The molecule has 0 radical (unpaired) electrons. The van der Waals surface area contributed by atoms with E-state index in [2.05, 4.69) is 41.7 Å². The van der Waals surface area contributed by atoms with Crippen LogP contribution in [0.15, 0.2) is 40.9 Å². The number of nitrogens with zero attached hydrogens (tertiary/aromatic N) is 2. The van der Waals surface area contributed by atoms with Crippen molar-refractivity contribution in [1.29, 1.82) is 0 Å². The first-order valence-corrected chi connectivity index (χ1v) is 9.17. The van der Waals surface area contributed by atoms with Crippen molar-refractivity contribution in [3.8, 4) is 0 Å². The lowest BCUT2D eigenvalue weighted by atomic mass is 9.86. The molecule has 132 valence electrons. The van der Waals surface area contributed by atoms with Crippen molar-refractivity contribution >= 4 is 27.0 Å². The topological polar surface area (TPSA) is 17.8 Å². The Bertz CT molecular complexity index is 915. The standard InChI is InChI=1S/C20H21BrF2N2/c1-4-20(2,3)11-19-24-17-10-15(22)7-8-18(17)25(19)12-13-5-6-14(21)9-16(13)23/h5-10H,4,11-12H2,1-3H3. The lowest BCUT2D eigenvalue weighted by molar-refractivity contribution is 0.337. The molecule has 25 heavy (non-hydrogen) atoms. The van der Waals surface area contributed by atoms with Crippen molar-refractivity contribution in [2.75, 3.05) is 0 Å². The summed E-state index contributed by atoms with van der Waals surface area (Å²) in [6.45, 7) is 6.87. The van der Waals surface area contributed by atoms with Crippen molar-refractivity contribution in [3.05, 3.63) is 63.9 Å². The Morgan fingerprint density at radius 2 is 1.88 bits per heavy atom. The monoisotopic (exact) mass is 406 g/mol. The highest BCUT2D eigenvalue weighted by atomic mass is 79.9. The molecule has 0 fully saturated rings. The highest BCUT2D eigenvalue weighted by Crippen LogP contribution is 2.28. The van der Waals surface area contributed by atoms with Gasteiger partial charge in [-0.1, -0.05) is 49.2 Å². The van der Waals surface area contributed by atoms with Crippen LogP contribution in [-0.4, -0.2) is 9.55 Å². The molecule has 0 bridgehead atoms. The van der Waals surface area contributed by atoms with Crippen molar-refractivity contribution < 1.29 is 8.78 Å². The minimum Gasteiger partial charge on any atom is -0.323 e. The number of aromatic nitrogens is 2. The molecule has 0 spiro atoms. The largest absolute Gasteiger partial charge is 0.323 e. The Kier molecular flexibility index (Phi) is 4.96. The summed E-state index contributed by atoms with van der Waals surface area (Å²) in [7, 11) is 0. The van der Waals surface area contributed by atoms with Gasteiger partial charge in [0, 0.05) is 22.5 Å². The van der Waals surface area contributed by atoms with Crippen LogP contribution in [0.5, 0.6) is 0 Å². The van der Waals surface area contributed by atoms with E-state index < -0.39 is 0 Å². The highest BCUT2D eigenvalue weighted by Gasteiger charge is 2.21. The number of fused-ring (bicyclic) bond motifs is 1. The molecule has 0 N–H and O–H groups in total. The summed E-state index contributed by atoms with van der Waals surface area (Å²) in [5.74, 6) is 0.280. The maximum atomic E-state index is 14.3. The van der Waals surface area contributed by atoms with Crippen LogP contribution in [0.25, 0.3) is 11.0 Å². The number of imidazole rings is 1.